The van der Waals surface area contributed by atoms with Crippen LogP contribution in [-0.4, -0.2) is 58.8 Å². The summed E-state index contributed by atoms with van der Waals surface area (Å²) in [7, 11) is 1.59. The number of piperidine rings is 1. The minimum Gasteiger partial charge on any atom is -0.509 e. The van der Waals surface area contributed by atoms with Gasteiger partial charge in [-0.3, -0.25) is 4.79 Å². The Balaban J connectivity index is 1.80. The second-order valence-electron chi connectivity index (χ2n) is 7.76. The number of benzene rings is 2. The van der Waals surface area contributed by atoms with E-state index in [1.807, 2.05) is 49.4 Å². The van der Waals surface area contributed by atoms with Gasteiger partial charge in [-0.05, 0) is 60.2 Å². The zero-order valence-corrected chi connectivity index (χ0v) is 18.2. The number of hydrogen-bond donors (Lipinski definition) is 2. The van der Waals surface area contributed by atoms with Crippen LogP contribution in [0.25, 0.3) is 16.7 Å². The number of hydroxylamine groups is 4. The van der Waals surface area contributed by atoms with Gasteiger partial charge in [-0.1, -0.05) is 35.9 Å². The lowest BCUT2D eigenvalue weighted by Crippen LogP contribution is -2.54. The highest BCUT2D eigenvalue weighted by Gasteiger charge is 2.55. The molecule has 2 aliphatic rings. The first-order valence-corrected chi connectivity index (χ1v) is 10.5. The molecule has 0 bridgehead atoms. The number of nitrogens with zero attached hydrogens (tertiary/aromatic N) is 2. The molecule has 2 aliphatic heterocycles. The van der Waals surface area contributed by atoms with E-state index in [-0.39, 0.29) is 11.3 Å². The lowest BCUT2D eigenvalue weighted by molar-refractivity contribution is -0.255. The first-order chi connectivity index (χ1) is 14.9. The maximum Gasteiger partial charge on any atom is 0.282 e. The van der Waals surface area contributed by atoms with Crippen LogP contribution in [0.15, 0.2) is 48.2 Å². The first-order valence-electron chi connectivity index (χ1n) is 10.1. The van der Waals surface area contributed by atoms with Gasteiger partial charge in [0, 0.05) is 18.1 Å². The molecule has 0 unspecified atom stereocenters. The molecule has 1 saturated heterocycles. The van der Waals surface area contributed by atoms with E-state index in [9.17, 15) is 15.0 Å². The molecule has 2 aromatic rings. The summed E-state index contributed by atoms with van der Waals surface area (Å²) in [6.07, 6.45) is 0.829. The van der Waals surface area contributed by atoms with Gasteiger partial charge in [-0.15, -0.1) is 0 Å². The third-order valence-electron chi connectivity index (χ3n) is 6.14. The van der Waals surface area contributed by atoms with Gasteiger partial charge in [-0.25, -0.2) is 9.90 Å². The number of amides is 1. The Hall–Kier alpha value is -2.42. The molecular weight excluding hydrogens is 420 g/mol. The van der Waals surface area contributed by atoms with Crippen LogP contribution in [0, 0.1) is 6.92 Å². The highest BCUT2D eigenvalue weighted by atomic mass is 35.5. The van der Waals surface area contributed by atoms with E-state index < -0.39 is 18.2 Å². The zero-order valence-electron chi connectivity index (χ0n) is 17.5. The van der Waals surface area contributed by atoms with Crippen LogP contribution in [0.4, 0.5) is 0 Å². The van der Waals surface area contributed by atoms with Gasteiger partial charge in [-0.2, -0.15) is 5.06 Å². The first kappa shape index (κ1) is 21.8. The summed E-state index contributed by atoms with van der Waals surface area (Å²) in [5, 5.41) is 24.3. The monoisotopic (exact) mass is 444 g/mol. The average molecular weight is 445 g/mol. The zero-order chi connectivity index (χ0) is 22.2. The van der Waals surface area contributed by atoms with Crippen molar-refractivity contribution in [3.8, 4) is 11.1 Å². The summed E-state index contributed by atoms with van der Waals surface area (Å²) in [5.41, 5.74) is 2.49. The Morgan fingerprint density at radius 1 is 1.10 bits per heavy atom. The topological polar surface area (TPSA) is 82.5 Å². The lowest BCUT2D eigenvalue weighted by Gasteiger charge is -2.42. The summed E-state index contributed by atoms with van der Waals surface area (Å²) in [6.45, 7) is 2.25. The van der Waals surface area contributed by atoms with Crippen LogP contribution in [0.1, 0.15) is 24.0 Å². The van der Waals surface area contributed by atoms with Gasteiger partial charge in [0.2, 0.25) is 0 Å². The summed E-state index contributed by atoms with van der Waals surface area (Å²) < 4.78 is 0. The van der Waals surface area contributed by atoms with E-state index in [0.29, 0.717) is 36.5 Å². The molecule has 0 atom stereocenters. The summed E-state index contributed by atoms with van der Waals surface area (Å²) >= 11 is 6.01. The molecule has 1 fully saturated rings. The van der Waals surface area contributed by atoms with Crippen molar-refractivity contribution in [1.82, 2.24) is 10.1 Å². The van der Waals surface area contributed by atoms with Gasteiger partial charge < -0.3 is 15.1 Å². The number of halogens is 1. The van der Waals surface area contributed by atoms with Crippen LogP contribution < -0.4 is 0 Å². The van der Waals surface area contributed by atoms with Crippen molar-refractivity contribution < 1.29 is 24.7 Å². The van der Waals surface area contributed by atoms with Crippen molar-refractivity contribution in [3.63, 3.8) is 0 Å². The van der Waals surface area contributed by atoms with Crippen LogP contribution in [0.5, 0.6) is 0 Å². The molecule has 4 rings (SSSR count). The fraction of sp³-hybridized carbons (Fsp3) is 0.348. The van der Waals surface area contributed by atoms with Crippen molar-refractivity contribution in [3.05, 3.63) is 64.4 Å². The second kappa shape index (κ2) is 8.61. The number of rotatable bonds is 5. The van der Waals surface area contributed by atoms with Crippen molar-refractivity contribution in [2.45, 2.75) is 25.3 Å². The summed E-state index contributed by atoms with van der Waals surface area (Å²) in [4.78, 5) is 24.0. The predicted molar refractivity (Wildman–Crippen MR) is 117 cm³/mol. The highest BCUT2D eigenvalue weighted by Crippen LogP contribution is 2.46. The van der Waals surface area contributed by atoms with Crippen LogP contribution in [0.3, 0.4) is 0 Å². The number of carbonyl (C=O) groups excluding carboxylic acids is 1. The number of aliphatic hydroxyl groups excluding tert-OH is 2. The minimum atomic E-state index is -1.03. The largest absolute Gasteiger partial charge is 0.509 e. The predicted octanol–water partition coefficient (Wildman–Crippen LogP) is 3.70. The molecule has 0 saturated carbocycles. The number of carbonyl (C=O) groups is 1. The Morgan fingerprint density at radius 2 is 1.74 bits per heavy atom. The fourth-order valence-corrected chi connectivity index (χ4v) is 4.53. The Bertz CT molecular complexity index is 1010. The molecule has 0 radical (unpaired) electrons. The normalized spacial score (nSPS) is 19.0. The molecular formula is C23H25ClN2O5. The van der Waals surface area contributed by atoms with Gasteiger partial charge in [0.05, 0.1) is 12.7 Å². The van der Waals surface area contributed by atoms with Crippen molar-refractivity contribution >= 4 is 23.1 Å². The molecule has 1 amide bonds. The number of aryl methyl sites for hydroxylation is 1. The smallest absolute Gasteiger partial charge is 0.282 e. The van der Waals surface area contributed by atoms with E-state index in [4.69, 9.17) is 21.3 Å². The molecule has 7 nitrogen and oxygen atoms in total. The SMILES string of the molecule is CON1CCC2(CC1)C(O)=C(c1cc(-c3ccc(Cl)cc3)ccc1C)C(=O)N2OCO. The number of aliphatic hydroxyl groups is 2. The van der Waals surface area contributed by atoms with Crippen molar-refractivity contribution in [1.29, 1.82) is 0 Å². The van der Waals surface area contributed by atoms with E-state index in [1.54, 1.807) is 12.2 Å². The Kier molecular flexibility index (Phi) is 6.05. The standard InChI is InChI=1S/C23H25ClN2O5/c1-15-3-4-17(16-5-7-18(24)8-6-16)13-19(15)20-21(28)23(26(22(20)29)31-14-27)9-11-25(30-2)12-10-23/h3-8,13,27-28H,9-12,14H2,1-2H3. The Labute approximate surface area is 186 Å². The summed E-state index contributed by atoms with van der Waals surface area (Å²) in [6, 6.07) is 13.2. The van der Waals surface area contributed by atoms with E-state index in [2.05, 4.69) is 0 Å². The van der Waals surface area contributed by atoms with Crippen molar-refractivity contribution in [2.75, 3.05) is 27.0 Å². The molecule has 164 valence electrons. The molecule has 0 aromatic heterocycles. The third-order valence-corrected chi connectivity index (χ3v) is 6.40. The second-order valence-corrected chi connectivity index (χ2v) is 8.20. The van der Waals surface area contributed by atoms with E-state index in [1.165, 1.54) is 0 Å². The number of hydrogen-bond acceptors (Lipinski definition) is 6. The molecule has 0 aliphatic carbocycles. The molecule has 1 spiro atoms. The van der Waals surface area contributed by atoms with Crippen LogP contribution in [-0.2, 0) is 14.5 Å². The van der Waals surface area contributed by atoms with Crippen molar-refractivity contribution in [2.24, 2.45) is 0 Å². The fourth-order valence-electron chi connectivity index (χ4n) is 4.40. The molecule has 31 heavy (non-hydrogen) atoms. The summed E-state index contributed by atoms with van der Waals surface area (Å²) in [5.74, 6) is -0.494. The van der Waals surface area contributed by atoms with Crippen LogP contribution in [0.2, 0.25) is 5.02 Å². The highest BCUT2D eigenvalue weighted by molar-refractivity contribution is 6.30. The van der Waals surface area contributed by atoms with Gasteiger partial charge in [0.25, 0.3) is 5.91 Å². The quantitative estimate of drug-likeness (QED) is 0.684. The van der Waals surface area contributed by atoms with E-state index >= 15 is 0 Å². The minimum absolute atomic E-state index is 0.0296. The molecule has 2 N–H and O–H groups in total. The maximum absolute atomic E-state index is 13.4. The lowest BCUT2D eigenvalue weighted by atomic mass is 9.85. The van der Waals surface area contributed by atoms with Gasteiger partial charge >= 0.3 is 0 Å². The van der Waals surface area contributed by atoms with Crippen LogP contribution >= 0.6 is 11.6 Å². The van der Waals surface area contributed by atoms with Gasteiger partial charge in [0.1, 0.15) is 11.3 Å². The maximum atomic E-state index is 13.4. The third kappa shape index (κ3) is 3.73. The molecule has 2 aromatic carbocycles. The average Bonchev–Trinajstić information content (AvgIpc) is 2.97. The molecule has 8 heteroatoms. The van der Waals surface area contributed by atoms with Gasteiger partial charge in [0.15, 0.2) is 6.79 Å². The van der Waals surface area contributed by atoms with E-state index in [0.717, 1.165) is 21.8 Å². The molecule has 2 heterocycles. The Morgan fingerprint density at radius 3 is 2.35 bits per heavy atom.